The van der Waals surface area contributed by atoms with Gasteiger partial charge in [0.25, 0.3) is 5.91 Å². The number of carbonyl (C=O) groups excluding carboxylic acids is 2. The van der Waals surface area contributed by atoms with Crippen LogP contribution in [0.3, 0.4) is 0 Å². The number of hydrogen-bond donors (Lipinski definition) is 1. The molecule has 0 saturated heterocycles. The Kier molecular flexibility index (Phi) is 9.46. The summed E-state index contributed by atoms with van der Waals surface area (Å²) >= 11 is 12.0. The van der Waals surface area contributed by atoms with E-state index in [1.807, 2.05) is 38.1 Å². The van der Waals surface area contributed by atoms with E-state index in [2.05, 4.69) is 5.32 Å². The Hall–Kier alpha value is -2.44. The molecule has 0 unspecified atom stereocenters. The summed E-state index contributed by atoms with van der Waals surface area (Å²) in [5, 5.41) is 3.71. The summed E-state index contributed by atoms with van der Waals surface area (Å²) in [6.07, 6.45) is 0.795. The first-order chi connectivity index (χ1) is 14.7. The van der Waals surface area contributed by atoms with Crippen LogP contribution in [0.15, 0.2) is 42.5 Å². The van der Waals surface area contributed by atoms with Crippen LogP contribution in [0.1, 0.15) is 32.8 Å². The van der Waals surface area contributed by atoms with E-state index in [9.17, 15) is 9.59 Å². The lowest BCUT2D eigenvalue weighted by atomic mass is 10.1. The quantitative estimate of drug-likeness (QED) is 0.550. The van der Waals surface area contributed by atoms with E-state index in [1.165, 1.54) is 4.90 Å². The molecular weight excluding hydrogens is 439 g/mol. The number of benzene rings is 2. The second-order valence-electron chi connectivity index (χ2n) is 7.23. The van der Waals surface area contributed by atoms with Gasteiger partial charge in [0, 0.05) is 17.6 Å². The van der Waals surface area contributed by atoms with E-state index in [4.69, 9.17) is 32.7 Å². The molecule has 31 heavy (non-hydrogen) atoms. The number of carbonyl (C=O) groups is 2. The first-order valence-electron chi connectivity index (χ1n) is 10.1. The number of hydrogen-bond acceptors (Lipinski definition) is 4. The van der Waals surface area contributed by atoms with E-state index < -0.39 is 6.04 Å². The van der Waals surface area contributed by atoms with Crippen LogP contribution in [0.25, 0.3) is 0 Å². The summed E-state index contributed by atoms with van der Waals surface area (Å²) in [7, 11) is 1.59. The number of nitrogens with one attached hydrogen (secondary N) is 1. The van der Waals surface area contributed by atoms with Gasteiger partial charge in [0.15, 0.2) is 6.61 Å². The molecule has 2 rings (SSSR count). The average molecular weight is 467 g/mol. The van der Waals surface area contributed by atoms with Crippen molar-refractivity contribution in [1.82, 2.24) is 10.2 Å². The molecule has 0 aliphatic rings. The zero-order valence-electron chi connectivity index (χ0n) is 18.2. The van der Waals surface area contributed by atoms with Crippen LogP contribution in [0.5, 0.6) is 11.5 Å². The van der Waals surface area contributed by atoms with Gasteiger partial charge in [0.05, 0.1) is 12.1 Å². The fourth-order valence-corrected chi connectivity index (χ4v) is 3.25. The second kappa shape index (κ2) is 11.8. The van der Waals surface area contributed by atoms with Gasteiger partial charge in [0.2, 0.25) is 5.91 Å². The Bertz CT molecular complexity index is 890. The third-order valence-electron chi connectivity index (χ3n) is 4.93. The molecule has 0 aromatic heterocycles. The topological polar surface area (TPSA) is 67.9 Å². The Labute approximate surface area is 193 Å². The predicted octanol–water partition coefficient (Wildman–Crippen LogP) is 4.71. The molecule has 8 heteroatoms. The normalized spacial score (nSPS) is 12.6. The van der Waals surface area contributed by atoms with Crippen LogP contribution in [0, 0.1) is 0 Å². The van der Waals surface area contributed by atoms with Crippen molar-refractivity contribution in [3.05, 3.63) is 58.1 Å². The van der Waals surface area contributed by atoms with Crippen molar-refractivity contribution in [1.29, 1.82) is 0 Å². The largest absolute Gasteiger partial charge is 0.497 e. The molecule has 0 fully saturated rings. The minimum atomic E-state index is -0.687. The van der Waals surface area contributed by atoms with Crippen molar-refractivity contribution < 1.29 is 19.1 Å². The lowest BCUT2D eigenvalue weighted by Gasteiger charge is -2.29. The van der Waals surface area contributed by atoms with Gasteiger partial charge in [-0.3, -0.25) is 9.59 Å². The number of amides is 2. The second-order valence-corrected chi connectivity index (χ2v) is 8.07. The van der Waals surface area contributed by atoms with Crippen molar-refractivity contribution in [2.45, 2.75) is 45.8 Å². The minimum absolute atomic E-state index is 0.0111. The molecule has 0 aliphatic carbocycles. The molecule has 168 valence electrons. The fraction of sp³-hybridized carbons (Fsp3) is 0.391. The number of methoxy groups -OCH3 is 1. The van der Waals surface area contributed by atoms with Gasteiger partial charge in [-0.1, -0.05) is 42.3 Å². The van der Waals surface area contributed by atoms with E-state index in [0.717, 1.165) is 12.0 Å². The lowest BCUT2D eigenvalue weighted by molar-refractivity contribution is -0.142. The van der Waals surface area contributed by atoms with Gasteiger partial charge in [-0.15, -0.1) is 0 Å². The Morgan fingerprint density at radius 1 is 1.10 bits per heavy atom. The molecule has 0 heterocycles. The van der Waals surface area contributed by atoms with Crippen molar-refractivity contribution in [2.75, 3.05) is 13.7 Å². The Morgan fingerprint density at radius 3 is 2.35 bits per heavy atom. The SMILES string of the molecule is CC[C@H](C)NC(=O)[C@@H](C)N(Cc1ccc(OC)cc1)C(=O)COc1ccc(Cl)cc1Cl. The van der Waals surface area contributed by atoms with Crippen molar-refractivity contribution >= 4 is 35.0 Å². The number of ether oxygens (including phenoxy) is 2. The Morgan fingerprint density at radius 2 is 1.77 bits per heavy atom. The standard InChI is InChI=1S/C23H28Cl2N2O4/c1-5-15(2)26-23(29)16(3)27(13-17-6-9-19(30-4)10-7-17)22(28)14-31-21-11-8-18(24)12-20(21)25/h6-12,15-16H,5,13-14H2,1-4H3,(H,26,29)/t15-,16+/m0/s1. The first-order valence-corrected chi connectivity index (χ1v) is 10.8. The zero-order valence-corrected chi connectivity index (χ0v) is 19.7. The van der Waals surface area contributed by atoms with Crippen LogP contribution in [0.2, 0.25) is 10.0 Å². The smallest absolute Gasteiger partial charge is 0.261 e. The molecule has 2 aromatic carbocycles. The molecule has 0 bridgehead atoms. The maximum absolute atomic E-state index is 13.1. The third-order valence-corrected chi connectivity index (χ3v) is 5.46. The summed E-state index contributed by atoms with van der Waals surface area (Å²) in [4.78, 5) is 27.3. The van der Waals surface area contributed by atoms with E-state index in [0.29, 0.717) is 21.5 Å². The summed E-state index contributed by atoms with van der Waals surface area (Å²) in [6.45, 7) is 5.59. The van der Waals surface area contributed by atoms with Gasteiger partial charge in [-0.05, 0) is 56.2 Å². The summed E-state index contributed by atoms with van der Waals surface area (Å²) in [6, 6.07) is 11.4. The molecule has 2 amide bonds. The van der Waals surface area contributed by atoms with E-state index in [-0.39, 0.29) is 31.0 Å². The number of halogens is 2. The van der Waals surface area contributed by atoms with Gasteiger partial charge < -0.3 is 19.7 Å². The van der Waals surface area contributed by atoms with E-state index >= 15 is 0 Å². The molecule has 1 N–H and O–H groups in total. The first kappa shape index (κ1) is 24.8. The van der Waals surface area contributed by atoms with Crippen LogP contribution < -0.4 is 14.8 Å². The highest BCUT2D eigenvalue weighted by Gasteiger charge is 2.27. The third kappa shape index (κ3) is 7.33. The average Bonchev–Trinajstić information content (AvgIpc) is 2.76. The molecule has 2 atom stereocenters. The molecule has 6 nitrogen and oxygen atoms in total. The summed E-state index contributed by atoms with van der Waals surface area (Å²) in [5.74, 6) is 0.500. The van der Waals surface area contributed by atoms with Gasteiger partial charge in [-0.2, -0.15) is 0 Å². The van der Waals surface area contributed by atoms with Crippen LogP contribution in [-0.4, -0.2) is 42.5 Å². The van der Waals surface area contributed by atoms with Gasteiger partial charge in [0.1, 0.15) is 17.5 Å². The summed E-state index contributed by atoms with van der Waals surface area (Å²) in [5.41, 5.74) is 0.863. The molecule has 0 saturated carbocycles. The highest BCUT2D eigenvalue weighted by molar-refractivity contribution is 6.35. The summed E-state index contributed by atoms with van der Waals surface area (Å²) < 4.78 is 10.8. The molecular formula is C23H28Cl2N2O4. The number of nitrogens with zero attached hydrogens (tertiary/aromatic N) is 1. The van der Waals surface area contributed by atoms with Gasteiger partial charge >= 0.3 is 0 Å². The van der Waals surface area contributed by atoms with Crippen LogP contribution in [-0.2, 0) is 16.1 Å². The van der Waals surface area contributed by atoms with Crippen molar-refractivity contribution in [3.8, 4) is 11.5 Å². The molecule has 2 aromatic rings. The van der Waals surface area contributed by atoms with Crippen LogP contribution in [0.4, 0.5) is 0 Å². The minimum Gasteiger partial charge on any atom is -0.497 e. The maximum atomic E-state index is 13.1. The van der Waals surface area contributed by atoms with Crippen molar-refractivity contribution in [3.63, 3.8) is 0 Å². The van der Waals surface area contributed by atoms with Crippen LogP contribution >= 0.6 is 23.2 Å². The van der Waals surface area contributed by atoms with E-state index in [1.54, 1.807) is 32.2 Å². The fourth-order valence-electron chi connectivity index (χ4n) is 2.79. The number of rotatable bonds is 10. The predicted molar refractivity (Wildman–Crippen MR) is 123 cm³/mol. The lowest BCUT2D eigenvalue weighted by Crippen LogP contribution is -2.50. The monoisotopic (exact) mass is 466 g/mol. The molecule has 0 spiro atoms. The highest BCUT2D eigenvalue weighted by atomic mass is 35.5. The molecule has 0 radical (unpaired) electrons. The molecule has 0 aliphatic heterocycles. The highest BCUT2D eigenvalue weighted by Crippen LogP contribution is 2.27. The Balaban J connectivity index is 2.17. The zero-order chi connectivity index (χ0) is 23.0. The van der Waals surface area contributed by atoms with Gasteiger partial charge in [-0.25, -0.2) is 0 Å². The van der Waals surface area contributed by atoms with Crippen molar-refractivity contribution in [2.24, 2.45) is 0 Å². The maximum Gasteiger partial charge on any atom is 0.261 e.